The monoisotopic (exact) mass is 480 g/mol. The number of carbonyl (C=O) groups is 1. The second-order valence-electron chi connectivity index (χ2n) is 10.7. The summed E-state index contributed by atoms with van der Waals surface area (Å²) in [6.07, 6.45) is 2.48. The van der Waals surface area contributed by atoms with Crippen molar-refractivity contribution in [3.8, 4) is 0 Å². The predicted octanol–water partition coefficient (Wildman–Crippen LogP) is 3.40. The number of esters is 1. The summed E-state index contributed by atoms with van der Waals surface area (Å²) in [5, 5.41) is -0.255. The van der Waals surface area contributed by atoms with E-state index in [2.05, 4.69) is 73.5 Å². The van der Waals surface area contributed by atoms with Crippen LogP contribution in [0.1, 0.15) is 34.6 Å². The van der Waals surface area contributed by atoms with Crippen molar-refractivity contribution < 1.29 is 21.9 Å². The quantitative estimate of drug-likeness (QED) is 0.196. The number of carbonyl (C=O) groups excluding carboxylic acids is 1. The van der Waals surface area contributed by atoms with E-state index in [0.29, 0.717) is 22.3 Å². The van der Waals surface area contributed by atoms with Gasteiger partial charge in [0.05, 0.1) is 0 Å². The Bertz CT molecular complexity index is 546. The molecule has 0 saturated carbocycles. The van der Waals surface area contributed by atoms with Gasteiger partial charge in [0.15, 0.2) is 26.4 Å². The molecule has 0 aromatic heterocycles. The Balaban J connectivity index is 5.94. The summed E-state index contributed by atoms with van der Waals surface area (Å²) in [5.74, 6) is -0.254. The van der Waals surface area contributed by atoms with E-state index in [1.54, 1.807) is 0 Å². The zero-order valence-corrected chi connectivity index (χ0v) is 26.9. The van der Waals surface area contributed by atoms with Gasteiger partial charge in [-0.05, 0) is 58.2 Å². The van der Waals surface area contributed by atoms with E-state index in [9.17, 15) is 4.79 Å². The molecule has 166 valence electrons. The molecule has 0 radical (unpaired) electrons. The summed E-state index contributed by atoms with van der Waals surface area (Å²) in [4.78, 5) is 12.4. The lowest BCUT2D eigenvalue weighted by atomic mass is 9.78. The van der Waals surface area contributed by atoms with Gasteiger partial charge in [-0.15, -0.1) is 0 Å². The minimum atomic E-state index is -2.60. The fourth-order valence-electron chi connectivity index (χ4n) is 3.14. The van der Waals surface area contributed by atoms with Crippen LogP contribution >= 0.6 is 0 Å². The van der Waals surface area contributed by atoms with Crippen LogP contribution in [0.5, 0.6) is 0 Å². The average Bonchev–Trinajstić information content (AvgIpc) is 2.42. The van der Waals surface area contributed by atoms with Gasteiger partial charge in [0, 0.05) is 10.6 Å². The minimum Gasteiger partial charge on any atom is -0.466 e. The van der Waals surface area contributed by atoms with Gasteiger partial charge in [0.25, 0.3) is 0 Å². The number of hydrogen-bond acceptors (Lipinski definition) is 5. The lowest BCUT2D eigenvalue weighted by Gasteiger charge is -2.53. The van der Waals surface area contributed by atoms with Gasteiger partial charge in [-0.25, -0.2) is 4.79 Å². The molecule has 0 rings (SSSR count). The molecule has 0 aliphatic carbocycles. The second kappa shape index (κ2) is 9.99. The Morgan fingerprint density at radius 2 is 1.39 bits per heavy atom. The van der Waals surface area contributed by atoms with Crippen LogP contribution in [-0.4, -0.2) is 57.6 Å². The van der Waals surface area contributed by atoms with Crippen molar-refractivity contribution in [3.05, 3.63) is 11.6 Å². The smallest absolute Gasteiger partial charge is 0.333 e. The van der Waals surface area contributed by atoms with E-state index in [1.807, 2.05) is 13.0 Å². The third kappa shape index (κ3) is 8.50. The largest absolute Gasteiger partial charge is 0.466 e. The molecule has 0 heterocycles. The van der Waals surface area contributed by atoms with Crippen LogP contribution in [0.25, 0.3) is 0 Å². The molecular formula is C18H44O5Si5. The average molecular weight is 481 g/mol. The zero-order valence-electron chi connectivity index (χ0n) is 20.5. The molecule has 0 aliphatic heterocycles. The van der Waals surface area contributed by atoms with E-state index in [4.69, 9.17) is 17.1 Å². The summed E-state index contributed by atoms with van der Waals surface area (Å²) in [7, 11) is -6.25. The highest BCUT2D eigenvalue weighted by Gasteiger charge is 2.57. The van der Waals surface area contributed by atoms with Crippen molar-refractivity contribution in [2.24, 2.45) is 5.41 Å². The van der Waals surface area contributed by atoms with Crippen molar-refractivity contribution in [1.29, 1.82) is 0 Å². The van der Waals surface area contributed by atoms with Crippen LogP contribution in [0.3, 0.4) is 0 Å². The molecule has 0 saturated heterocycles. The van der Waals surface area contributed by atoms with Crippen LogP contribution in [0.2, 0.25) is 50.9 Å². The molecule has 10 heteroatoms. The Kier molecular flexibility index (Phi) is 10.0. The van der Waals surface area contributed by atoms with E-state index < -0.39 is 35.0 Å². The number of ether oxygens (including phenoxy) is 1. The third-order valence-corrected chi connectivity index (χ3v) is 18.1. The molecule has 0 bridgehead atoms. The first-order valence-corrected chi connectivity index (χ1v) is 21.6. The Morgan fingerprint density at radius 3 is 1.75 bits per heavy atom. The van der Waals surface area contributed by atoms with Crippen molar-refractivity contribution >= 4 is 51.4 Å². The molecule has 0 N–H and O–H groups in total. The molecule has 5 nitrogen and oxygen atoms in total. The normalized spacial score (nSPS) is 15.5. The number of allylic oxidation sites excluding steroid dienone is 1. The van der Waals surface area contributed by atoms with Gasteiger partial charge in [-0.3, -0.25) is 0 Å². The SMILES string of the molecule is CC(=CC(C)(C)C(C)(C)[Si](C)(O[Si](C)(C)C)O[Si](C)(C)C)C(=O)OC[SiH2]O[SiH3]. The molecule has 0 amide bonds. The number of hydrogen-bond donors (Lipinski definition) is 0. The maximum absolute atomic E-state index is 12.4. The summed E-state index contributed by atoms with van der Waals surface area (Å²) in [6.45, 7) is 26.2. The van der Waals surface area contributed by atoms with Gasteiger partial charge < -0.3 is 17.1 Å². The standard InChI is InChI=1S/C18H44O5Si5/c1-15(16(19)20-14-25-21-24)13-17(2,3)18(4,5)28(12,22-26(6,7)8)23-27(9,10)11/h13H,14,25H2,1-12,24H3. The van der Waals surface area contributed by atoms with E-state index in [1.165, 1.54) is 0 Å². The van der Waals surface area contributed by atoms with Gasteiger partial charge >= 0.3 is 14.5 Å². The van der Waals surface area contributed by atoms with Gasteiger partial charge in [-0.2, -0.15) is 0 Å². The van der Waals surface area contributed by atoms with Crippen LogP contribution in [0.4, 0.5) is 0 Å². The Hall–Kier alpha value is 0.174. The second-order valence-corrected chi connectivity index (χ2v) is 27.0. The van der Waals surface area contributed by atoms with Gasteiger partial charge in [0.2, 0.25) is 0 Å². The minimum absolute atomic E-state index is 0.254. The highest BCUT2D eigenvalue weighted by molar-refractivity contribution is 6.89. The molecule has 28 heavy (non-hydrogen) atoms. The van der Waals surface area contributed by atoms with Gasteiger partial charge in [-0.1, -0.05) is 33.8 Å². The fraction of sp³-hybridized carbons (Fsp3) is 0.833. The molecule has 0 aromatic rings. The van der Waals surface area contributed by atoms with Crippen molar-refractivity contribution in [2.75, 3.05) is 6.23 Å². The summed E-state index contributed by atoms with van der Waals surface area (Å²) in [5.41, 5.74) is 0.333. The highest BCUT2D eigenvalue weighted by atomic mass is 28.5. The molecule has 0 aromatic carbocycles. The summed E-state index contributed by atoms with van der Waals surface area (Å²) in [6, 6.07) is 0. The molecule has 0 aliphatic rings. The zero-order chi connectivity index (χ0) is 22.6. The van der Waals surface area contributed by atoms with Crippen LogP contribution in [0, 0.1) is 5.41 Å². The third-order valence-electron chi connectivity index (χ3n) is 5.17. The van der Waals surface area contributed by atoms with Crippen LogP contribution in [0.15, 0.2) is 11.6 Å². The van der Waals surface area contributed by atoms with E-state index in [0.717, 1.165) is 0 Å². The molecule has 0 unspecified atom stereocenters. The molecule has 0 atom stereocenters. The lowest BCUT2D eigenvalue weighted by Crippen LogP contribution is -2.61. The Morgan fingerprint density at radius 1 is 0.964 bits per heavy atom. The van der Waals surface area contributed by atoms with Crippen molar-refractivity contribution in [2.45, 2.75) is 85.5 Å². The topological polar surface area (TPSA) is 54.0 Å². The fourth-order valence-corrected chi connectivity index (χ4v) is 17.3. The van der Waals surface area contributed by atoms with E-state index >= 15 is 0 Å². The first kappa shape index (κ1) is 28.2. The van der Waals surface area contributed by atoms with E-state index in [-0.39, 0.29) is 16.4 Å². The Labute approximate surface area is 181 Å². The number of rotatable bonds is 11. The van der Waals surface area contributed by atoms with Crippen LogP contribution < -0.4 is 0 Å². The summed E-state index contributed by atoms with van der Waals surface area (Å²) < 4.78 is 24.2. The predicted molar refractivity (Wildman–Crippen MR) is 133 cm³/mol. The van der Waals surface area contributed by atoms with Crippen molar-refractivity contribution in [1.82, 2.24) is 0 Å². The molecule has 0 spiro atoms. The highest BCUT2D eigenvalue weighted by Crippen LogP contribution is 2.55. The summed E-state index contributed by atoms with van der Waals surface area (Å²) >= 11 is 0. The first-order chi connectivity index (χ1) is 12.3. The lowest BCUT2D eigenvalue weighted by molar-refractivity contribution is -0.137. The van der Waals surface area contributed by atoms with Crippen LogP contribution in [-0.2, 0) is 21.9 Å². The molecule has 0 fully saturated rings. The molecular weight excluding hydrogens is 437 g/mol. The first-order valence-electron chi connectivity index (χ1n) is 10.0. The maximum atomic E-state index is 12.4. The van der Waals surface area contributed by atoms with Crippen molar-refractivity contribution in [3.63, 3.8) is 0 Å². The van der Waals surface area contributed by atoms with Gasteiger partial charge in [0.1, 0.15) is 16.7 Å². The maximum Gasteiger partial charge on any atom is 0.333 e.